The van der Waals surface area contributed by atoms with Crippen LogP contribution in [0.4, 0.5) is 4.79 Å². The van der Waals surface area contributed by atoms with Crippen molar-refractivity contribution in [1.29, 1.82) is 0 Å². The van der Waals surface area contributed by atoms with E-state index in [1.165, 1.54) is 0 Å². The largest absolute Gasteiger partial charge is 0.493 e. The second kappa shape index (κ2) is 8.02. The third kappa shape index (κ3) is 4.54. The first-order chi connectivity index (χ1) is 9.22. The van der Waals surface area contributed by atoms with Gasteiger partial charge in [-0.15, -0.1) is 6.58 Å². The zero-order valence-corrected chi connectivity index (χ0v) is 11.4. The normalized spacial score (nSPS) is 9.58. The Balaban J connectivity index is 2.53. The molecular formula is C14H20N2O3. The summed E-state index contributed by atoms with van der Waals surface area (Å²) in [5.41, 5.74) is 0.992. The maximum atomic E-state index is 11.3. The van der Waals surface area contributed by atoms with Crippen LogP contribution in [0.1, 0.15) is 5.56 Å². The van der Waals surface area contributed by atoms with Gasteiger partial charge in [0.2, 0.25) is 0 Å². The van der Waals surface area contributed by atoms with Crippen molar-refractivity contribution in [2.75, 3.05) is 27.3 Å². The highest BCUT2D eigenvalue weighted by atomic mass is 16.5. The van der Waals surface area contributed by atoms with Crippen molar-refractivity contribution in [3.63, 3.8) is 0 Å². The fourth-order valence-electron chi connectivity index (χ4n) is 1.69. The van der Waals surface area contributed by atoms with Crippen molar-refractivity contribution in [2.45, 2.75) is 6.42 Å². The summed E-state index contributed by atoms with van der Waals surface area (Å²) in [7, 11) is 3.20. The van der Waals surface area contributed by atoms with E-state index in [4.69, 9.17) is 9.47 Å². The average Bonchev–Trinajstić information content (AvgIpc) is 2.44. The predicted octanol–water partition coefficient (Wildman–Crippen LogP) is 1.73. The van der Waals surface area contributed by atoms with E-state index in [0.29, 0.717) is 31.0 Å². The number of hydrogen-bond donors (Lipinski definition) is 2. The lowest BCUT2D eigenvalue weighted by molar-refractivity contribution is 0.242. The van der Waals surface area contributed by atoms with E-state index in [2.05, 4.69) is 17.2 Å². The van der Waals surface area contributed by atoms with Crippen LogP contribution in [0.2, 0.25) is 0 Å². The maximum Gasteiger partial charge on any atom is 0.315 e. The Morgan fingerprint density at radius 1 is 1.32 bits per heavy atom. The minimum atomic E-state index is -0.207. The van der Waals surface area contributed by atoms with Crippen molar-refractivity contribution < 1.29 is 14.3 Å². The molecule has 1 rings (SSSR count). The first-order valence-electron chi connectivity index (χ1n) is 6.05. The lowest BCUT2D eigenvalue weighted by atomic mass is 10.1. The molecule has 0 fully saturated rings. The summed E-state index contributed by atoms with van der Waals surface area (Å²) in [6.07, 6.45) is 2.30. The summed E-state index contributed by atoms with van der Waals surface area (Å²) in [4.78, 5) is 11.3. The Morgan fingerprint density at radius 2 is 2.11 bits per heavy atom. The second-order valence-corrected chi connectivity index (χ2v) is 3.83. The molecule has 5 nitrogen and oxygen atoms in total. The van der Waals surface area contributed by atoms with E-state index in [9.17, 15) is 4.79 Å². The van der Waals surface area contributed by atoms with Gasteiger partial charge in [0.1, 0.15) is 0 Å². The Hall–Kier alpha value is -2.17. The summed E-state index contributed by atoms with van der Waals surface area (Å²) in [6.45, 7) is 4.50. The summed E-state index contributed by atoms with van der Waals surface area (Å²) < 4.78 is 10.5. The zero-order valence-electron chi connectivity index (χ0n) is 11.4. The minimum absolute atomic E-state index is 0.207. The lowest BCUT2D eigenvalue weighted by Crippen LogP contribution is -2.36. The molecule has 0 saturated heterocycles. The van der Waals surface area contributed by atoms with Crippen LogP contribution in [0.25, 0.3) is 0 Å². The standard InChI is InChI=1S/C14H20N2O3/c1-4-9-15-14(17)16-10-8-11-6-5-7-12(18-2)13(11)19-3/h4-7H,1,8-10H2,2-3H3,(H2,15,16,17). The highest BCUT2D eigenvalue weighted by Gasteiger charge is 2.09. The number of rotatable bonds is 7. The molecule has 0 heterocycles. The molecule has 0 spiro atoms. The monoisotopic (exact) mass is 264 g/mol. The van der Waals surface area contributed by atoms with Gasteiger partial charge in [0, 0.05) is 13.1 Å². The van der Waals surface area contributed by atoms with Crippen molar-refractivity contribution in [3.8, 4) is 11.5 Å². The molecule has 0 unspecified atom stereocenters. The number of urea groups is 1. The van der Waals surface area contributed by atoms with E-state index >= 15 is 0 Å². The number of amides is 2. The first kappa shape index (κ1) is 14.9. The van der Waals surface area contributed by atoms with Gasteiger partial charge in [-0.3, -0.25) is 0 Å². The van der Waals surface area contributed by atoms with Gasteiger partial charge in [0.15, 0.2) is 11.5 Å². The first-order valence-corrected chi connectivity index (χ1v) is 6.05. The number of para-hydroxylation sites is 1. The van der Waals surface area contributed by atoms with Crippen LogP contribution >= 0.6 is 0 Å². The molecule has 2 amide bonds. The Bertz CT molecular complexity index is 433. The highest BCUT2D eigenvalue weighted by Crippen LogP contribution is 2.30. The van der Waals surface area contributed by atoms with Crippen molar-refractivity contribution >= 4 is 6.03 Å². The maximum absolute atomic E-state index is 11.3. The van der Waals surface area contributed by atoms with E-state index in [1.807, 2.05) is 18.2 Å². The molecule has 0 aliphatic heterocycles. The van der Waals surface area contributed by atoms with Gasteiger partial charge in [0.25, 0.3) is 0 Å². The minimum Gasteiger partial charge on any atom is -0.493 e. The van der Waals surface area contributed by atoms with Crippen LogP contribution in [-0.2, 0) is 6.42 Å². The van der Waals surface area contributed by atoms with Crippen LogP contribution in [-0.4, -0.2) is 33.3 Å². The van der Waals surface area contributed by atoms with Crippen LogP contribution in [0, 0.1) is 0 Å². The molecule has 0 radical (unpaired) electrons. The molecule has 0 bridgehead atoms. The number of ether oxygens (including phenoxy) is 2. The number of hydrogen-bond acceptors (Lipinski definition) is 3. The molecule has 5 heteroatoms. The molecular weight excluding hydrogens is 244 g/mol. The number of nitrogens with one attached hydrogen (secondary N) is 2. The number of methoxy groups -OCH3 is 2. The number of benzene rings is 1. The van der Waals surface area contributed by atoms with Crippen LogP contribution in [0.3, 0.4) is 0 Å². The highest BCUT2D eigenvalue weighted by molar-refractivity contribution is 5.73. The van der Waals surface area contributed by atoms with Gasteiger partial charge >= 0.3 is 6.03 Å². The molecule has 0 aliphatic carbocycles. The molecule has 2 N–H and O–H groups in total. The molecule has 0 saturated carbocycles. The Labute approximate surface area is 113 Å². The van der Waals surface area contributed by atoms with Crippen molar-refractivity contribution in [1.82, 2.24) is 10.6 Å². The van der Waals surface area contributed by atoms with Crippen LogP contribution in [0.15, 0.2) is 30.9 Å². The summed E-state index contributed by atoms with van der Waals surface area (Å²) in [5.74, 6) is 1.40. The summed E-state index contributed by atoms with van der Waals surface area (Å²) >= 11 is 0. The fraction of sp³-hybridized carbons (Fsp3) is 0.357. The predicted molar refractivity (Wildman–Crippen MR) is 74.8 cm³/mol. The molecule has 104 valence electrons. The van der Waals surface area contributed by atoms with Gasteiger partial charge in [-0.25, -0.2) is 4.79 Å². The number of carbonyl (C=O) groups is 1. The van der Waals surface area contributed by atoms with Crippen molar-refractivity contribution in [3.05, 3.63) is 36.4 Å². The van der Waals surface area contributed by atoms with Crippen molar-refractivity contribution in [2.24, 2.45) is 0 Å². The van der Waals surface area contributed by atoms with Gasteiger partial charge in [-0.1, -0.05) is 18.2 Å². The van der Waals surface area contributed by atoms with Gasteiger partial charge < -0.3 is 20.1 Å². The molecule has 0 atom stereocenters. The molecule has 1 aromatic carbocycles. The van der Waals surface area contributed by atoms with E-state index in [1.54, 1.807) is 20.3 Å². The smallest absolute Gasteiger partial charge is 0.315 e. The quantitative estimate of drug-likeness (QED) is 0.737. The molecule has 19 heavy (non-hydrogen) atoms. The van der Waals surface area contributed by atoms with Gasteiger partial charge in [-0.05, 0) is 18.1 Å². The topological polar surface area (TPSA) is 59.6 Å². The molecule has 0 aliphatic rings. The second-order valence-electron chi connectivity index (χ2n) is 3.83. The van der Waals surface area contributed by atoms with Gasteiger partial charge in [0.05, 0.1) is 14.2 Å². The summed E-state index contributed by atoms with van der Waals surface area (Å²) in [5, 5.41) is 5.41. The third-order valence-electron chi connectivity index (χ3n) is 2.57. The molecule has 1 aromatic rings. The van der Waals surface area contributed by atoms with E-state index in [0.717, 1.165) is 5.56 Å². The third-order valence-corrected chi connectivity index (χ3v) is 2.57. The molecule has 0 aromatic heterocycles. The zero-order chi connectivity index (χ0) is 14.1. The Kier molecular flexibility index (Phi) is 6.29. The fourth-order valence-corrected chi connectivity index (χ4v) is 1.69. The SMILES string of the molecule is C=CCNC(=O)NCCc1cccc(OC)c1OC. The van der Waals surface area contributed by atoms with Gasteiger partial charge in [-0.2, -0.15) is 0 Å². The van der Waals surface area contributed by atoms with E-state index in [-0.39, 0.29) is 6.03 Å². The summed E-state index contributed by atoms with van der Waals surface area (Å²) in [6, 6.07) is 5.48. The van der Waals surface area contributed by atoms with Crippen LogP contribution in [0.5, 0.6) is 11.5 Å². The lowest BCUT2D eigenvalue weighted by Gasteiger charge is -2.12. The van der Waals surface area contributed by atoms with E-state index < -0.39 is 0 Å². The van der Waals surface area contributed by atoms with Crippen LogP contribution < -0.4 is 20.1 Å². The number of carbonyl (C=O) groups excluding carboxylic acids is 1. The Morgan fingerprint density at radius 3 is 2.74 bits per heavy atom. The average molecular weight is 264 g/mol.